The number of hydrogen-bond donors (Lipinski definition) is 0. The third-order valence-electron chi connectivity index (χ3n) is 10.3. The lowest BCUT2D eigenvalue weighted by Gasteiger charge is -2.58. The lowest BCUT2D eigenvalue weighted by Crippen LogP contribution is -2.50. The molecule has 4 rings (SSSR count). The predicted octanol–water partition coefficient (Wildman–Crippen LogP) is 7.33. The summed E-state index contributed by atoms with van der Waals surface area (Å²) >= 11 is 0. The fourth-order valence-electron chi connectivity index (χ4n) is 8.77. The molecule has 0 spiro atoms. The topological polar surface area (TPSA) is 26.3 Å². The summed E-state index contributed by atoms with van der Waals surface area (Å²) in [6.07, 6.45) is 19.6. The molecule has 2 heteroatoms. The van der Waals surface area contributed by atoms with Crippen LogP contribution in [0.4, 0.5) is 0 Å². The highest BCUT2D eigenvalue weighted by Crippen LogP contribution is 2.67. The Morgan fingerprint density at radius 2 is 1.97 bits per heavy atom. The van der Waals surface area contributed by atoms with Gasteiger partial charge in [-0.15, -0.1) is 0 Å². The maximum atomic E-state index is 11.4. The smallest absolute Gasteiger partial charge is 0.305 e. The first-order valence-electron chi connectivity index (χ1n) is 12.7. The van der Waals surface area contributed by atoms with Crippen LogP contribution in [0.3, 0.4) is 0 Å². The van der Waals surface area contributed by atoms with Gasteiger partial charge in [0, 0.05) is 6.42 Å². The fourth-order valence-corrected chi connectivity index (χ4v) is 8.77. The zero-order valence-corrected chi connectivity index (χ0v) is 19.5. The van der Waals surface area contributed by atoms with Crippen LogP contribution in [0.25, 0.3) is 0 Å². The maximum Gasteiger partial charge on any atom is 0.305 e. The molecule has 3 fully saturated rings. The van der Waals surface area contributed by atoms with E-state index in [-0.39, 0.29) is 5.97 Å². The highest BCUT2D eigenvalue weighted by molar-refractivity contribution is 5.68. The fraction of sp³-hybridized carbons (Fsp3) is 0.889. The van der Waals surface area contributed by atoms with Gasteiger partial charge in [0.15, 0.2) is 0 Å². The third-order valence-corrected chi connectivity index (χ3v) is 10.3. The van der Waals surface area contributed by atoms with E-state index in [1.165, 1.54) is 77.7 Å². The number of ether oxygens (including phenoxy) is 1. The van der Waals surface area contributed by atoms with E-state index >= 15 is 0 Å². The summed E-state index contributed by atoms with van der Waals surface area (Å²) < 4.78 is 4.80. The van der Waals surface area contributed by atoms with Crippen molar-refractivity contribution in [1.82, 2.24) is 0 Å². The van der Waals surface area contributed by atoms with Crippen LogP contribution < -0.4 is 0 Å². The molecule has 4 aliphatic rings. The minimum absolute atomic E-state index is 0.0502. The molecular weight excluding hydrogens is 356 g/mol. The number of allylic oxidation sites excluding steroid dienone is 2. The van der Waals surface area contributed by atoms with Gasteiger partial charge in [-0.25, -0.2) is 0 Å². The van der Waals surface area contributed by atoms with Crippen LogP contribution in [-0.4, -0.2) is 13.1 Å². The number of unbranched alkanes of at least 4 members (excludes halogenated alkanes) is 1. The second-order valence-electron chi connectivity index (χ2n) is 11.5. The quantitative estimate of drug-likeness (QED) is 0.265. The van der Waals surface area contributed by atoms with Crippen LogP contribution in [0.5, 0.6) is 0 Å². The van der Waals surface area contributed by atoms with Crippen molar-refractivity contribution in [3.05, 3.63) is 11.6 Å². The lowest BCUT2D eigenvalue weighted by atomic mass is 9.46. The molecule has 0 N–H and O–H groups in total. The average molecular weight is 401 g/mol. The van der Waals surface area contributed by atoms with E-state index in [1.807, 2.05) is 5.57 Å². The van der Waals surface area contributed by atoms with Crippen molar-refractivity contribution in [3.8, 4) is 0 Å². The number of carbonyl (C=O) groups excluding carboxylic acids is 1. The van der Waals surface area contributed by atoms with Gasteiger partial charge in [-0.1, -0.05) is 45.3 Å². The first-order chi connectivity index (χ1) is 13.9. The van der Waals surface area contributed by atoms with E-state index in [0.29, 0.717) is 17.3 Å². The van der Waals surface area contributed by atoms with Gasteiger partial charge >= 0.3 is 5.97 Å². The summed E-state index contributed by atoms with van der Waals surface area (Å²) in [5.74, 6) is 4.53. The van der Waals surface area contributed by atoms with Gasteiger partial charge in [-0.3, -0.25) is 4.79 Å². The van der Waals surface area contributed by atoms with E-state index in [2.05, 4.69) is 26.8 Å². The molecule has 0 unspecified atom stereocenters. The summed E-state index contributed by atoms with van der Waals surface area (Å²) in [5, 5.41) is 0. The molecular formula is C27H44O2. The minimum atomic E-state index is -0.0502. The van der Waals surface area contributed by atoms with Crippen molar-refractivity contribution in [2.24, 2.45) is 40.4 Å². The zero-order chi connectivity index (χ0) is 20.6. The molecule has 0 aliphatic heterocycles. The van der Waals surface area contributed by atoms with Gasteiger partial charge in [0.1, 0.15) is 0 Å². The predicted molar refractivity (Wildman–Crippen MR) is 119 cm³/mol. The molecule has 29 heavy (non-hydrogen) atoms. The number of fused-ring (bicyclic) bond motifs is 5. The molecule has 0 radical (unpaired) electrons. The van der Waals surface area contributed by atoms with Crippen LogP contribution >= 0.6 is 0 Å². The van der Waals surface area contributed by atoms with Gasteiger partial charge < -0.3 is 4.74 Å². The number of methoxy groups -OCH3 is 1. The molecule has 0 aromatic carbocycles. The number of hydrogen-bond acceptors (Lipinski definition) is 2. The van der Waals surface area contributed by atoms with Gasteiger partial charge in [0.25, 0.3) is 0 Å². The van der Waals surface area contributed by atoms with E-state index in [9.17, 15) is 4.79 Å². The van der Waals surface area contributed by atoms with E-state index < -0.39 is 0 Å². The molecule has 0 saturated heterocycles. The molecule has 0 amide bonds. The van der Waals surface area contributed by atoms with Gasteiger partial charge in [-0.2, -0.15) is 0 Å². The lowest BCUT2D eigenvalue weighted by molar-refractivity contribution is -0.140. The molecule has 0 aromatic heterocycles. The second kappa shape index (κ2) is 8.39. The molecule has 4 aliphatic carbocycles. The van der Waals surface area contributed by atoms with E-state index in [4.69, 9.17) is 4.74 Å². The molecule has 164 valence electrons. The normalized spacial score (nSPS) is 42.3. The molecule has 0 bridgehead atoms. The van der Waals surface area contributed by atoms with Crippen LogP contribution in [0.15, 0.2) is 11.6 Å². The van der Waals surface area contributed by atoms with E-state index in [0.717, 1.165) is 36.0 Å². The Kier molecular flexibility index (Phi) is 6.20. The summed E-state index contributed by atoms with van der Waals surface area (Å²) in [5.41, 5.74) is 2.93. The molecule has 0 aromatic rings. The zero-order valence-electron chi connectivity index (χ0n) is 19.5. The van der Waals surface area contributed by atoms with Crippen molar-refractivity contribution in [2.75, 3.05) is 7.11 Å². The summed E-state index contributed by atoms with van der Waals surface area (Å²) in [6, 6.07) is 0. The van der Waals surface area contributed by atoms with Crippen LogP contribution in [-0.2, 0) is 9.53 Å². The Balaban J connectivity index is 1.41. The monoisotopic (exact) mass is 400 g/mol. The Morgan fingerprint density at radius 3 is 2.76 bits per heavy atom. The second-order valence-corrected chi connectivity index (χ2v) is 11.5. The van der Waals surface area contributed by atoms with Gasteiger partial charge in [0.05, 0.1) is 7.11 Å². The van der Waals surface area contributed by atoms with E-state index in [1.54, 1.807) is 0 Å². The number of rotatable bonds is 6. The van der Waals surface area contributed by atoms with Crippen LogP contribution in [0.2, 0.25) is 0 Å². The molecule has 2 nitrogen and oxygen atoms in total. The highest BCUT2D eigenvalue weighted by atomic mass is 16.5. The standard InChI is InChI=1S/C27H44O2/c1-19(9-5-6-11-25(28)29-4)22-14-15-23-21-13-12-20-10-7-8-17-26(20,2)24(21)16-18-27(22,23)3/h10,19,21-24H,5-9,11-18H2,1-4H3/t19-,21+,22-,23+,24+,26+,27-/m1/s1. The van der Waals surface area contributed by atoms with Crippen molar-refractivity contribution < 1.29 is 9.53 Å². The number of carbonyl (C=O) groups is 1. The first-order valence-corrected chi connectivity index (χ1v) is 12.7. The maximum absolute atomic E-state index is 11.4. The molecule has 3 saturated carbocycles. The van der Waals surface area contributed by atoms with Crippen LogP contribution in [0.1, 0.15) is 104 Å². The summed E-state index contributed by atoms with van der Waals surface area (Å²) in [4.78, 5) is 11.4. The molecule has 0 heterocycles. The van der Waals surface area contributed by atoms with Gasteiger partial charge in [-0.05, 0) is 105 Å². The van der Waals surface area contributed by atoms with Crippen molar-refractivity contribution in [3.63, 3.8) is 0 Å². The van der Waals surface area contributed by atoms with Crippen LogP contribution in [0, 0.1) is 40.4 Å². The van der Waals surface area contributed by atoms with Crippen molar-refractivity contribution in [1.29, 1.82) is 0 Å². The largest absolute Gasteiger partial charge is 0.469 e. The van der Waals surface area contributed by atoms with Crippen molar-refractivity contribution in [2.45, 2.75) is 104 Å². The SMILES string of the molecule is COC(=O)CCCC[C@@H](C)[C@H]1CC[C@H]2[C@@H]3CCC4=CCCC[C@]4(C)[C@H]3CC[C@]12C. The Labute approximate surface area is 179 Å². The third kappa shape index (κ3) is 3.72. The average Bonchev–Trinajstić information content (AvgIpc) is 3.07. The minimum Gasteiger partial charge on any atom is -0.469 e. The summed E-state index contributed by atoms with van der Waals surface area (Å²) in [7, 11) is 1.50. The Hall–Kier alpha value is -0.790. The summed E-state index contributed by atoms with van der Waals surface area (Å²) in [6.45, 7) is 7.81. The first kappa shape index (κ1) is 21.4. The van der Waals surface area contributed by atoms with Crippen molar-refractivity contribution >= 4 is 5.97 Å². The molecule has 7 atom stereocenters. The highest BCUT2D eigenvalue weighted by Gasteiger charge is 2.59. The Bertz CT molecular complexity index is 636. The van der Waals surface area contributed by atoms with Gasteiger partial charge in [0.2, 0.25) is 0 Å². The number of esters is 1. The Morgan fingerprint density at radius 1 is 1.14 bits per heavy atom.